The summed E-state index contributed by atoms with van der Waals surface area (Å²) in [4.78, 5) is 11.9. The molecule has 2 fully saturated rings. The van der Waals surface area contributed by atoms with E-state index in [4.69, 9.17) is 22.1 Å². The second-order valence-corrected chi connectivity index (χ2v) is 8.01. The maximum atomic E-state index is 13.7. The van der Waals surface area contributed by atoms with E-state index < -0.39 is 5.54 Å². The van der Waals surface area contributed by atoms with Crippen LogP contribution in [0.1, 0.15) is 56.4 Å². The molecule has 1 saturated carbocycles. The Hall–Kier alpha value is -1.17. The van der Waals surface area contributed by atoms with Crippen molar-refractivity contribution in [1.82, 2.24) is 5.32 Å². The number of ether oxygens (including phenoxy) is 1. The van der Waals surface area contributed by atoms with Crippen molar-refractivity contribution in [3.05, 3.63) is 34.6 Å². The molecule has 0 spiro atoms. The number of carbonyl (C=O) groups is 1. The van der Waals surface area contributed by atoms with Crippen LogP contribution in [0.4, 0.5) is 4.39 Å². The summed E-state index contributed by atoms with van der Waals surface area (Å²) in [7, 11) is 0. The van der Waals surface area contributed by atoms with Crippen LogP contribution in [0.5, 0.6) is 0 Å². The fourth-order valence-corrected chi connectivity index (χ4v) is 4.62. The molecule has 1 heterocycles. The van der Waals surface area contributed by atoms with E-state index in [1.165, 1.54) is 6.07 Å². The summed E-state index contributed by atoms with van der Waals surface area (Å²) in [6.07, 6.45) is 6.59. The number of benzene rings is 1. The maximum Gasteiger partial charge on any atom is 0.237 e. The molecular formula is C20H28ClFN2O2. The van der Waals surface area contributed by atoms with E-state index in [1.54, 1.807) is 6.07 Å². The van der Waals surface area contributed by atoms with Gasteiger partial charge >= 0.3 is 0 Å². The Labute approximate surface area is 159 Å². The van der Waals surface area contributed by atoms with Gasteiger partial charge in [-0.3, -0.25) is 4.79 Å². The van der Waals surface area contributed by atoms with Gasteiger partial charge in [0.15, 0.2) is 0 Å². The van der Waals surface area contributed by atoms with Gasteiger partial charge in [-0.05, 0) is 75.0 Å². The predicted octanol–water partition coefficient (Wildman–Crippen LogP) is 3.77. The smallest absolute Gasteiger partial charge is 0.237 e. The summed E-state index contributed by atoms with van der Waals surface area (Å²) in [5, 5.41) is 3.69. The van der Waals surface area contributed by atoms with Crippen molar-refractivity contribution in [1.29, 1.82) is 0 Å². The molecule has 1 saturated heterocycles. The molecule has 6 heteroatoms. The molecule has 1 aromatic carbocycles. The molecule has 1 aromatic rings. The topological polar surface area (TPSA) is 64.4 Å². The van der Waals surface area contributed by atoms with Crippen molar-refractivity contribution >= 4 is 17.5 Å². The van der Waals surface area contributed by atoms with Crippen LogP contribution in [-0.4, -0.2) is 31.2 Å². The minimum atomic E-state index is -0.607. The summed E-state index contributed by atoms with van der Waals surface area (Å²) >= 11 is 6.14. The van der Waals surface area contributed by atoms with Gasteiger partial charge in [0.05, 0.1) is 5.02 Å². The van der Waals surface area contributed by atoms with E-state index in [9.17, 15) is 9.18 Å². The molecule has 0 unspecified atom stereocenters. The van der Waals surface area contributed by atoms with Gasteiger partial charge in [-0.25, -0.2) is 4.39 Å². The molecular weight excluding hydrogens is 355 g/mol. The number of primary amides is 1. The first kappa shape index (κ1) is 19.6. The lowest BCUT2D eigenvalue weighted by Gasteiger charge is -2.36. The van der Waals surface area contributed by atoms with E-state index >= 15 is 0 Å². The third kappa shape index (κ3) is 4.38. The molecule has 1 aliphatic heterocycles. The van der Waals surface area contributed by atoms with Crippen LogP contribution in [0.3, 0.4) is 0 Å². The highest BCUT2D eigenvalue weighted by Crippen LogP contribution is 2.40. The molecule has 144 valence electrons. The Balaban J connectivity index is 1.47. The highest BCUT2D eigenvalue weighted by molar-refractivity contribution is 6.31. The second kappa shape index (κ2) is 8.68. The number of nitrogens with two attached hydrogens (primary N) is 1. The van der Waals surface area contributed by atoms with E-state index in [0.29, 0.717) is 37.9 Å². The summed E-state index contributed by atoms with van der Waals surface area (Å²) in [5.74, 6) is 0.361. The quantitative estimate of drug-likeness (QED) is 0.787. The number of amides is 1. The van der Waals surface area contributed by atoms with Gasteiger partial charge in [0.1, 0.15) is 11.4 Å². The van der Waals surface area contributed by atoms with E-state index in [-0.39, 0.29) is 16.7 Å². The zero-order valence-electron chi connectivity index (χ0n) is 15.1. The Morgan fingerprint density at radius 3 is 2.62 bits per heavy atom. The lowest BCUT2D eigenvalue weighted by Crippen LogP contribution is -2.58. The van der Waals surface area contributed by atoms with Gasteiger partial charge in [0.25, 0.3) is 0 Å². The van der Waals surface area contributed by atoms with Crippen LogP contribution >= 0.6 is 11.6 Å². The van der Waals surface area contributed by atoms with Crippen molar-refractivity contribution in [2.24, 2.45) is 11.7 Å². The van der Waals surface area contributed by atoms with Crippen LogP contribution in [-0.2, 0) is 9.53 Å². The van der Waals surface area contributed by atoms with Crippen molar-refractivity contribution in [2.45, 2.75) is 56.4 Å². The molecule has 1 amide bonds. The van der Waals surface area contributed by atoms with E-state index in [0.717, 1.165) is 44.2 Å². The molecule has 0 radical (unpaired) electrons. The van der Waals surface area contributed by atoms with Gasteiger partial charge in [-0.2, -0.15) is 0 Å². The summed E-state index contributed by atoms with van der Waals surface area (Å²) in [6, 6.07) is 5.09. The monoisotopic (exact) mass is 382 g/mol. The van der Waals surface area contributed by atoms with Crippen molar-refractivity contribution in [3.8, 4) is 0 Å². The van der Waals surface area contributed by atoms with Crippen LogP contribution in [0.2, 0.25) is 5.02 Å². The van der Waals surface area contributed by atoms with Crippen LogP contribution in [0, 0.1) is 11.7 Å². The van der Waals surface area contributed by atoms with Crippen LogP contribution in [0.15, 0.2) is 18.2 Å². The predicted molar refractivity (Wildman–Crippen MR) is 101 cm³/mol. The van der Waals surface area contributed by atoms with Crippen molar-refractivity contribution < 1.29 is 13.9 Å². The molecule has 26 heavy (non-hydrogen) atoms. The lowest BCUT2D eigenvalue weighted by molar-refractivity contribution is -0.128. The van der Waals surface area contributed by atoms with E-state index in [1.807, 2.05) is 6.07 Å². The molecule has 1 aliphatic carbocycles. The first-order chi connectivity index (χ1) is 12.5. The minimum Gasteiger partial charge on any atom is -0.381 e. The van der Waals surface area contributed by atoms with Gasteiger partial charge < -0.3 is 15.8 Å². The average molecular weight is 383 g/mol. The molecule has 0 aromatic heterocycles. The Bertz CT molecular complexity index is 626. The SMILES string of the molecule is NC(=O)C1(NCCC2CCC(c3cccc(F)c3Cl)CC2)CCOCC1. The van der Waals surface area contributed by atoms with Crippen molar-refractivity contribution in [2.75, 3.05) is 19.8 Å². The molecule has 3 N–H and O–H groups in total. The molecule has 0 atom stereocenters. The fourth-order valence-electron chi connectivity index (χ4n) is 4.34. The highest BCUT2D eigenvalue weighted by Gasteiger charge is 2.38. The first-order valence-corrected chi connectivity index (χ1v) is 9.96. The van der Waals surface area contributed by atoms with E-state index in [2.05, 4.69) is 5.32 Å². The summed E-state index contributed by atoms with van der Waals surface area (Å²) in [5.41, 5.74) is 5.97. The van der Waals surface area contributed by atoms with Crippen molar-refractivity contribution in [3.63, 3.8) is 0 Å². The van der Waals surface area contributed by atoms with Crippen LogP contribution < -0.4 is 11.1 Å². The van der Waals surface area contributed by atoms with Gasteiger partial charge in [0.2, 0.25) is 5.91 Å². The molecule has 0 bridgehead atoms. The Kier molecular flexibility index (Phi) is 6.54. The largest absolute Gasteiger partial charge is 0.381 e. The van der Waals surface area contributed by atoms with Gasteiger partial charge in [-0.1, -0.05) is 23.7 Å². The number of nitrogens with one attached hydrogen (secondary N) is 1. The lowest BCUT2D eigenvalue weighted by atomic mass is 9.77. The molecule has 4 nitrogen and oxygen atoms in total. The second-order valence-electron chi connectivity index (χ2n) is 7.63. The summed E-state index contributed by atoms with van der Waals surface area (Å²) in [6.45, 7) is 1.95. The normalized spacial score (nSPS) is 25.8. The standard InChI is InChI=1S/C20H28ClFN2O2/c21-18-16(2-1-3-17(18)22)15-6-4-14(5-7-15)8-11-24-20(19(23)25)9-12-26-13-10-20/h1-3,14-15,24H,4-13H2,(H2,23,25). The zero-order chi connectivity index (χ0) is 18.6. The maximum absolute atomic E-state index is 13.7. The minimum absolute atomic E-state index is 0.273. The number of rotatable bonds is 6. The molecule has 3 rings (SSSR count). The number of hydrogen-bond acceptors (Lipinski definition) is 3. The fraction of sp³-hybridized carbons (Fsp3) is 0.650. The third-order valence-corrected chi connectivity index (χ3v) is 6.50. The number of halogens is 2. The number of hydrogen-bond donors (Lipinski definition) is 2. The Morgan fingerprint density at radius 1 is 1.27 bits per heavy atom. The summed E-state index contributed by atoms with van der Waals surface area (Å²) < 4.78 is 19.0. The molecule has 2 aliphatic rings. The van der Waals surface area contributed by atoms with Gasteiger partial charge in [0, 0.05) is 13.2 Å². The first-order valence-electron chi connectivity index (χ1n) is 9.58. The van der Waals surface area contributed by atoms with Gasteiger partial charge in [-0.15, -0.1) is 0 Å². The highest BCUT2D eigenvalue weighted by atomic mass is 35.5. The Morgan fingerprint density at radius 2 is 1.96 bits per heavy atom. The average Bonchev–Trinajstić information content (AvgIpc) is 2.65. The number of carbonyl (C=O) groups excluding carboxylic acids is 1. The van der Waals surface area contributed by atoms with Crippen LogP contribution in [0.25, 0.3) is 0 Å². The zero-order valence-corrected chi connectivity index (χ0v) is 15.9. The third-order valence-electron chi connectivity index (χ3n) is 6.10.